The smallest absolute Gasteiger partial charge is 0.338 e. The van der Waals surface area contributed by atoms with Crippen LogP contribution in [0.25, 0.3) is 0 Å². The minimum atomic E-state index is -0.790. The summed E-state index contributed by atoms with van der Waals surface area (Å²) in [4.78, 5) is 28.9. The van der Waals surface area contributed by atoms with Gasteiger partial charge in [0.1, 0.15) is 0 Å². The molecule has 3 rings (SSSR count). The molecule has 1 amide bonds. The molecule has 2 aromatic rings. The van der Waals surface area contributed by atoms with Crippen molar-refractivity contribution in [3.8, 4) is 0 Å². The number of carbonyl (C=O) groups excluding carboxylic acids is 2. The van der Waals surface area contributed by atoms with Gasteiger partial charge in [0.15, 0.2) is 6.10 Å². The van der Waals surface area contributed by atoms with Crippen LogP contribution in [0.5, 0.6) is 0 Å². The minimum absolute atomic E-state index is 0.139. The first-order valence-electron chi connectivity index (χ1n) is 9.04. The largest absolute Gasteiger partial charge is 0.449 e. The maximum absolute atomic E-state index is 12.6. The lowest BCUT2D eigenvalue weighted by molar-refractivity contribution is -0.141. The molecular weight excluding hydrogens is 408 g/mol. The molecule has 0 spiro atoms. The fourth-order valence-corrected chi connectivity index (χ4v) is 3.35. The van der Waals surface area contributed by atoms with E-state index in [1.807, 2.05) is 18.2 Å². The van der Waals surface area contributed by atoms with Crippen LogP contribution >= 0.6 is 15.9 Å². The highest BCUT2D eigenvalue weighted by Crippen LogP contribution is 2.14. The van der Waals surface area contributed by atoms with Gasteiger partial charge in [0.05, 0.1) is 5.56 Å². The minimum Gasteiger partial charge on any atom is -0.449 e. The van der Waals surface area contributed by atoms with Gasteiger partial charge in [0.25, 0.3) is 5.91 Å². The van der Waals surface area contributed by atoms with Crippen molar-refractivity contribution in [2.24, 2.45) is 0 Å². The molecule has 142 valence electrons. The average molecular weight is 431 g/mol. The summed E-state index contributed by atoms with van der Waals surface area (Å²) >= 11 is 3.33. The Hall–Kier alpha value is -2.18. The number of amides is 1. The van der Waals surface area contributed by atoms with Crippen LogP contribution in [-0.2, 0) is 16.1 Å². The zero-order chi connectivity index (χ0) is 19.2. The molecule has 0 radical (unpaired) electrons. The third kappa shape index (κ3) is 5.40. The summed E-state index contributed by atoms with van der Waals surface area (Å²) in [6.07, 6.45) is -0.790. The van der Waals surface area contributed by atoms with E-state index >= 15 is 0 Å². The summed E-state index contributed by atoms with van der Waals surface area (Å²) in [7, 11) is 0. The Kier molecular flexibility index (Phi) is 6.63. The number of ether oxygens (including phenoxy) is 1. The topological polar surface area (TPSA) is 49.9 Å². The molecule has 1 unspecified atom stereocenters. The number of hydrogen-bond acceptors (Lipinski definition) is 4. The molecule has 0 bridgehead atoms. The van der Waals surface area contributed by atoms with Gasteiger partial charge in [-0.05, 0) is 36.8 Å². The van der Waals surface area contributed by atoms with Crippen LogP contribution in [0.2, 0.25) is 0 Å². The maximum Gasteiger partial charge on any atom is 0.338 e. The zero-order valence-corrected chi connectivity index (χ0v) is 16.9. The molecule has 1 aliphatic heterocycles. The van der Waals surface area contributed by atoms with E-state index in [-0.39, 0.29) is 5.91 Å². The van der Waals surface area contributed by atoms with E-state index in [9.17, 15) is 9.59 Å². The second-order valence-corrected chi connectivity index (χ2v) is 7.56. The van der Waals surface area contributed by atoms with Crippen molar-refractivity contribution in [3.63, 3.8) is 0 Å². The van der Waals surface area contributed by atoms with Gasteiger partial charge in [-0.2, -0.15) is 0 Å². The Morgan fingerprint density at radius 1 is 1.00 bits per heavy atom. The molecule has 1 heterocycles. The zero-order valence-electron chi connectivity index (χ0n) is 15.3. The molecule has 1 aliphatic rings. The molecule has 0 aromatic heterocycles. The first-order chi connectivity index (χ1) is 13.0. The van der Waals surface area contributed by atoms with E-state index in [0.29, 0.717) is 18.7 Å². The fourth-order valence-electron chi connectivity index (χ4n) is 3.09. The first-order valence-corrected chi connectivity index (χ1v) is 9.84. The van der Waals surface area contributed by atoms with E-state index in [0.717, 1.165) is 24.1 Å². The van der Waals surface area contributed by atoms with Crippen LogP contribution in [0.4, 0.5) is 0 Å². The highest BCUT2D eigenvalue weighted by atomic mass is 79.9. The SMILES string of the molecule is CC(OC(=O)c1ccc(Br)cc1)C(=O)N1CCN(Cc2ccccc2)CC1. The van der Waals surface area contributed by atoms with Crippen LogP contribution < -0.4 is 0 Å². The van der Waals surface area contributed by atoms with E-state index < -0.39 is 12.1 Å². The molecule has 1 saturated heterocycles. The van der Waals surface area contributed by atoms with Gasteiger partial charge in [-0.25, -0.2) is 4.79 Å². The van der Waals surface area contributed by atoms with Crippen molar-refractivity contribution in [1.82, 2.24) is 9.80 Å². The third-order valence-electron chi connectivity index (χ3n) is 4.64. The van der Waals surface area contributed by atoms with Crippen LogP contribution in [0, 0.1) is 0 Å². The number of piperazine rings is 1. The van der Waals surface area contributed by atoms with Gasteiger partial charge in [-0.1, -0.05) is 46.3 Å². The van der Waals surface area contributed by atoms with Gasteiger partial charge in [-0.15, -0.1) is 0 Å². The van der Waals surface area contributed by atoms with Gasteiger partial charge in [0.2, 0.25) is 0 Å². The van der Waals surface area contributed by atoms with E-state index in [2.05, 4.69) is 33.0 Å². The van der Waals surface area contributed by atoms with Crippen LogP contribution in [0.3, 0.4) is 0 Å². The number of carbonyl (C=O) groups is 2. The van der Waals surface area contributed by atoms with E-state index in [4.69, 9.17) is 4.74 Å². The van der Waals surface area contributed by atoms with Crippen molar-refractivity contribution in [3.05, 3.63) is 70.2 Å². The van der Waals surface area contributed by atoms with Crippen LogP contribution in [0.1, 0.15) is 22.8 Å². The number of benzene rings is 2. The third-order valence-corrected chi connectivity index (χ3v) is 5.17. The highest BCUT2D eigenvalue weighted by Gasteiger charge is 2.27. The predicted octanol–water partition coefficient (Wildman–Crippen LogP) is 3.34. The molecule has 1 atom stereocenters. The Balaban J connectivity index is 1.48. The fraction of sp³-hybridized carbons (Fsp3) is 0.333. The van der Waals surface area contributed by atoms with Crippen molar-refractivity contribution in [2.75, 3.05) is 26.2 Å². The quantitative estimate of drug-likeness (QED) is 0.682. The Morgan fingerprint density at radius 3 is 2.26 bits per heavy atom. The number of nitrogens with zero attached hydrogens (tertiary/aromatic N) is 2. The molecule has 6 heteroatoms. The van der Waals surface area contributed by atoms with Gasteiger partial charge < -0.3 is 9.64 Å². The van der Waals surface area contributed by atoms with Gasteiger partial charge in [0, 0.05) is 37.2 Å². The maximum atomic E-state index is 12.6. The number of halogens is 1. The number of esters is 1. The molecule has 0 saturated carbocycles. The standard InChI is InChI=1S/C21H23BrN2O3/c1-16(27-21(26)18-7-9-19(22)10-8-18)20(25)24-13-11-23(12-14-24)15-17-5-3-2-4-6-17/h2-10,16H,11-15H2,1H3. The van der Waals surface area contributed by atoms with E-state index in [1.165, 1.54) is 5.56 Å². The highest BCUT2D eigenvalue weighted by molar-refractivity contribution is 9.10. The van der Waals surface area contributed by atoms with Crippen molar-refractivity contribution in [2.45, 2.75) is 19.6 Å². The van der Waals surface area contributed by atoms with Crippen LogP contribution in [-0.4, -0.2) is 54.0 Å². The molecule has 0 N–H and O–H groups in total. The second-order valence-electron chi connectivity index (χ2n) is 6.64. The molecule has 5 nitrogen and oxygen atoms in total. The molecule has 1 fully saturated rings. The summed E-state index contributed by atoms with van der Waals surface area (Å²) < 4.78 is 6.24. The molecule has 2 aromatic carbocycles. The Morgan fingerprint density at radius 2 is 1.63 bits per heavy atom. The summed E-state index contributed by atoms with van der Waals surface area (Å²) in [6, 6.07) is 17.2. The summed E-state index contributed by atoms with van der Waals surface area (Å²) in [5, 5.41) is 0. The van der Waals surface area contributed by atoms with Crippen molar-refractivity contribution in [1.29, 1.82) is 0 Å². The lowest BCUT2D eigenvalue weighted by Gasteiger charge is -2.35. The summed E-state index contributed by atoms with van der Waals surface area (Å²) in [6.45, 7) is 5.44. The summed E-state index contributed by atoms with van der Waals surface area (Å²) in [5.74, 6) is -0.620. The monoisotopic (exact) mass is 430 g/mol. The first kappa shape index (κ1) is 19.6. The Labute approximate surface area is 168 Å². The molecular formula is C21H23BrN2O3. The second kappa shape index (κ2) is 9.15. The van der Waals surface area contributed by atoms with E-state index in [1.54, 1.807) is 36.1 Å². The lowest BCUT2D eigenvalue weighted by atomic mass is 10.2. The molecule has 0 aliphatic carbocycles. The van der Waals surface area contributed by atoms with Crippen LogP contribution in [0.15, 0.2) is 59.1 Å². The Bertz CT molecular complexity index is 772. The summed E-state index contributed by atoms with van der Waals surface area (Å²) in [5.41, 5.74) is 1.71. The van der Waals surface area contributed by atoms with Crippen molar-refractivity contribution < 1.29 is 14.3 Å². The molecule has 27 heavy (non-hydrogen) atoms. The lowest BCUT2D eigenvalue weighted by Crippen LogP contribution is -2.51. The van der Waals surface area contributed by atoms with Crippen molar-refractivity contribution >= 4 is 27.8 Å². The normalized spacial score (nSPS) is 16.0. The van der Waals surface area contributed by atoms with Gasteiger partial charge in [-0.3, -0.25) is 9.69 Å². The predicted molar refractivity (Wildman–Crippen MR) is 107 cm³/mol. The average Bonchev–Trinajstić information content (AvgIpc) is 2.69. The number of rotatable bonds is 5. The number of hydrogen-bond donors (Lipinski definition) is 0. The van der Waals surface area contributed by atoms with Gasteiger partial charge >= 0.3 is 5.97 Å².